The summed E-state index contributed by atoms with van der Waals surface area (Å²) in [7, 11) is 2.10. The third-order valence-electron chi connectivity index (χ3n) is 5.26. The van der Waals surface area contributed by atoms with Gasteiger partial charge in [-0.05, 0) is 55.9 Å². The Labute approximate surface area is 160 Å². The van der Waals surface area contributed by atoms with Crippen molar-refractivity contribution < 1.29 is 8.98 Å². The average molecular weight is 359 g/mol. The highest BCUT2D eigenvalue weighted by atomic mass is 16.3. The Bertz CT molecular complexity index is 1170. The van der Waals surface area contributed by atoms with Crippen molar-refractivity contribution in [3.63, 3.8) is 0 Å². The smallest absolute Gasteiger partial charge is 0.227 e. The van der Waals surface area contributed by atoms with Gasteiger partial charge in [0.05, 0.1) is 10.9 Å². The van der Waals surface area contributed by atoms with E-state index in [0.29, 0.717) is 5.92 Å². The molecule has 138 valence electrons. The van der Waals surface area contributed by atoms with Crippen molar-refractivity contribution in [2.24, 2.45) is 13.0 Å². The zero-order valence-corrected chi connectivity index (χ0v) is 17.1. The summed E-state index contributed by atoms with van der Waals surface area (Å²) in [6.45, 7) is 10.8. The lowest BCUT2D eigenvalue weighted by molar-refractivity contribution is -0.660. The predicted octanol–water partition coefficient (Wildman–Crippen LogP) is 5.60. The number of rotatable bonds is 3. The van der Waals surface area contributed by atoms with Crippen LogP contribution in [0.15, 0.2) is 40.9 Å². The molecular formula is C24H27N2O+. The fraction of sp³-hybridized carbons (Fsp3) is 0.333. The van der Waals surface area contributed by atoms with E-state index in [2.05, 4.69) is 80.8 Å². The highest BCUT2D eigenvalue weighted by Gasteiger charge is 2.22. The Kier molecular flexibility index (Phi) is 4.26. The van der Waals surface area contributed by atoms with E-state index in [0.717, 1.165) is 39.7 Å². The minimum absolute atomic E-state index is 0.628. The molecule has 3 aromatic heterocycles. The Balaban J connectivity index is 2.05. The molecule has 4 rings (SSSR count). The van der Waals surface area contributed by atoms with Gasteiger partial charge in [-0.15, -0.1) is 0 Å². The molecule has 0 saturated carbocycles. The molecule has 1 aromatic carbocycles. The third kappa shape index (κ3) is 3.01. The first-order chi connectivity index (χ1) is 12.8. The normalized spacial score (nSPS) is 11.8. The number of hydrogen-bond acceptors (Lipinski definition) is 2. The SMILES string of the molecule is Cc1cc(C)c2c(n1)oc1c(-c3cc(CC(C)C)cc[n+]3C)c(C)ccc12. The van der Waals surface area contributed by atoms with E-state index in [1.54, 1.807) is 0 Å². The van der Waals surface area contributed by atoms with Crippen LogP contribution in [0.4, 0.5) is 0 Å². The number of aromatic nitrogens is 2. The second-order valence-electron chi connectivity index (χ2n) is 8.13. The summed E-state index contributed by atoms with van der Waals surface area (Å²) >= 11 is 0. The minimum atomic E-state index is 0.628. The molecular weight excluding hydrogens is 332 g/mol. The first kappa shape index (κ1) is 17.7. The van der Waals surface area contributed by atoms with Gasteiger partial charge in [0.2, 0.25) is 11.4 Å². The van der Waals surface area contributed by atoms with Crippen LogP contribution in [-0.2, 0) is 13.5 Å². The highest BCUT2D eigenvalue weighted by Crippen LogP contribution is 2.37. The molecule has 4 aromatic rings. The molecule has 0 spiro atoms. The number of benzene rings is 1. The van der Waals surface area contributed by atoms with E-state index >= 15 is 0 Å². The van der Waals surface area contributed by atoms with Crippen LogP contribution in [0.1, 0.15) is 36.2 Å². The number of pyridine rings is 2. The van der Waals surface area contributed by atoms with Gasteiger partial charge in [-0.2, -0.15) is 0 Å². The van der Waals surface area contributed by atoms with Crippen molar-refractivity contribution >= 4 is 22.1 Å². The van der Waals surface area contributed by atoms with Crippen molar-refractivity contribution in [2.45, 2.75) is 41.0 Å². The molecule has 3 heterocycles. The monoisotopic (exact) mass is 359 g/mol. The molecule has 27 heavy (non-hydrogen) atoms. The third-order valence-corrected chi connectivity index (χ3v) is 5.26. The van der Waals surface area contributed by atoms with Gasteiger partial charge in [-0.25, -0.2) is 9.55 Å². The Hall–Kier alpha value is -2.68. The maximum atomic E-state index is 6.33. The van der Waals surface area contributed by atoms with E-state index in [1.807, 2.05) is 6.92 Å². The highest BCUT2D eigenvalue weighted by molar-refractivity contribution is 6.10. The molecule has 0 unspecified atom stereocenters. The molecule has 0 radical (unpaired) electrons. The summed E-state index contributed by atoms with van der Waals surface area (Å²) < 4.78 is 8.52. The Morgan fingerprint density at radius 1 is 1.04 bits per heavy atom. The van der Waals surface area contributed by atoms with Crippen LogP contribution < -0.4 is 4.57 Å². The van der Waals surface area contributed by atoms with Crippen molar-refractivity contribution in [3.05, 3.63) is 58.9 Å². The zero-order valence-electron chi connectivity index (χ0n) is 17.1. The van der Waals surface area contributed by atoms with Gasteiger partial charge in [0.15, 0.2) is 11.8 Å². The van der Waals surface area contributed by atoms with Crippen LogP contribution in [0.3, 0.4) is 0 Å². The maximum Gasteiger partial charge on any atom is 0.227 e. The van der Waals surface area contributed by atoms with Gasteiger partial charge in [0, 0.05) is 23.2 Å². The zero-order chi connectivity index (χ0) is 19.3. The minimum Gasteiger partial charge on any atom is -0.437 e. The second kappa shape index (κ2) is 6.49. The molecule has 0 fully saturated rings. The van der Waals surface area contributed by atoms with Crippen molar-refractivity contribution in [1.29, 1.82) is 0 Å². The Morgan fingerprint density at radius 3 is 2.56 bits per heavy atom. The maximum absolute atomic E-state index is 6.33. The molecule has 3 nitrogen and oxygen atoms in total. The van der Waals surface area contributed by atoms with E-state index in [1.165, 1.54) is 22.4 Å². The lowest BCUT2D eigenvalue weighted by Gasteiger charge is -2.09. The molecule has 0 N–H and O–H groups in total. The number of fused-ring (bicyclic) bond motifs is 3. The van der Waals surface area contributed by atoms with Gasteiger partial charge in [0.25, 0.3) is 0 Å². The fourth-order valence-electron chi connectivity index (χ4n) is 4.06. The van der Waals surface area contributed by atoms with Crippen LogP contribution in [-0.4, -0.2) is 4.98 Å². The van der Waals surface area contributed by atoms with Gasteiger partial charge < -0.3 is 4.42 Å². The summed E-state index contributed by atoms with van der Waals surface area (Å²) in [5.41, 5.74) is 8.79. The standard InChI is InChI=1S/C24H27N2O/c1-14(2)11-18-9-10-26(6)20(13-18)22-15(3)7-8-19-21-16(4)12-17(5)25-24(21)27-23(19)22/h7-10,12-14H,11H2,1-6H3/q+1. The first-order valence-electron chi connectivity index (χ1n) is 9.64. The average Bonchev–Trinajstić information content (AvgIpc) is 2.94. The largest absolute Gasteiger partial charge is 0.437 e. The van der Waals surface area contributed by atoms with Crippen molar-refractivity contribution in [1.82, 2.24) is 4.98 Å². The molecule has 3 heteroatoms. The summed E-state index contributed by atoms with van der Waals surface area (Å²) in [5, 5.41) is 2.27. The fourth-order valence-corrected chi connectivity index (χ4v) is 4.06. The number of nitrogens with zero attached hydrogens (tertiary/aromatic N) is 2. The molecule has 0 amide bonds. The topological polar surface area (TPSA) is 29.9 Å². The van der Waals surface area contributed by atoms with Gasteiger partial charge >= 0.3 is 0 Å². The summed E-state index contributed by atoms with van der Waals surface area (Å²) in [6.07, 6.45) is 3.23. The Morgan fingerprint density at radius 2 is 1.81 bits per heavy atom. The predicted molar refractivity (Wildman–Crippen MR) is 111 cm³/mol. The van der Waals surface area contributed by atoms with Gasteiger partial charge in [0.1, 0.15) is 7.05 Å². The van der Waals surface area contributed by atoms with E-state index in [9.17, 15) is 0 Å². The van der Waals surface area contributed by atoms with E-state index in [-0.39, 0.29) is 0 Å². The van der Waals surface area contributed by atoms with Crippen molar-refractivity contribution in [3.8, 4) is 11.3 Å². The van der Waals surface area contributed by atoms with E-state index in [4.69, 9.17) is 4.42 Å². The van der Waals surface area contributed by atoms with Crippen LogP contribution >= 0.6 is 0 Å². The second-order valence-corrected chi connectivity index (χ2v) is 8.13. The molecule has 0 aliphatic heterocycles. The van der Waals surface area contributed by atoms with Gasteiger partial charge in [-0.1, -0.05) is 26.0 Å². The quantitative estimate of drug-likeness (QED) is 0.446. The van der Waals surface area contributed by atoms with Crippen LogP contribution in [0.2, 0.25) is 0 Å². The molecule has 0 aliphatic rings. The number of aryl methyl sites for hydroxylation is 4. The molecule has 0 bridgehead atoms. The molecule has 0 aliphatic carbocycles. The molecule has 0 saturated heterocycles. The van der Waals surface area contributed by atoms with Crippen LogP contribution in [0, 0.1) is 26.7 Å². The summed E-state index contributed by atoms with van der Waals surface area (Å²) in [5.74, 6) is 0.628. The summed E-state index contributed by atoms with van der Waals surface area (Å²) in [6, 6.07) is 11.0. The number of hydrogen-bond donors (Lipinski definition) is 0. The first-order valence-corrected chi connectivity index (χ1v) is 9.64. The number of furan rings is 1. The van der Waals surface area contributed by atoms with E-state index < -0.39 is 0 Å². The lowest BCUT2D eigenvalue weighted by atomic mass is 9.97. The van der Waals surface area contributed by atoms with Crippen molar-refractivity contribution in [2.75, 3.05) is 0 Å². The van der Waals surface area contributed by atoms with Gasteiger partial charge in [-0.3, -0.25) is 0 Å². The van der Waals surface area contributed by atoms with Crippen LogP contribution in [0.5, 0.6) is 0 Å². The van der Waals surface area contributed by atoms with Crippen LogP contribution in [0.25, 0.3) is 33.3 Å². The molecule has 0 atom stereocenters. The lowest BCUT2D eigenvalue weighted by Crippen LogP contribution is -2.31. The summed E-state index contributed by atoms with van der Waals surface area (Å²) in [4.78, 5) is 4.64.